The number of aliphatic hydroxyl groups is 1. The number of fused-ring (bicyclic) bond motifs is 2. The number of aryl methyl sites for hydroxylation is 1. The normalized spacial score (nSPS) is 21.6. The van der Waals surface area contributed by atoms with Crippen molar-refractivity contribution in [3.8, 4) is 5.75 Å². The Labute approximate surface area is 224 Å². The average molecular weight is 544 g/mol. The smallest absolute Gasteiger partial charge is 0.416 e. The monoisotopic (exact) mass is 543 g/mol. The molecule has 1 aliphatic carbocycles. The van der Waals surface area contributed by atoms with E-state index < -0.39 is 23.0 Å². The molecule has 1 amide bonds. The van der Waals surface area contributed by atoms with E-state index >= 15 is 0 Å². The Morgan fingerprint density at radius 3 is 2.79 bits per heavy atom. The van der Waals surface area contributed by atoms with E-state index in [2.05, 4.69) is 0 Å². The van der Waals surface area contributed by atoms with Crippen LogP contribution >= 0.6 is 0 Å². The average Bonchev–Trinajstić information content (AvgIpc) is 2.90. The number of alkyl halides is 3. The third-order valence-corrected chi connectivity index (χ3v) is 8.29. The lowest BCUT2D eigenvalue weighted by atomic mass is 9.71. The quantitative estimate of drug-likeness (QED) is 0.399. The minimum absolute atomic E-state index is 0.0279. The van der Waals surface area contributed by atoms with Crippen LogP contribution in [0.5, 0.6) is 5.75 Å². The highest BCUT2D eigenvalue weighted by molar-refractivity contribution is 5.83. The second kappa shape index (κ2) is 10.7. The van der Waals surface area contributed by atoms with Crippen LogP contribution in [0.4, 0.5) is 13.2 Å². The minimum Gasteiger partial charge on any atom is -0.489 e. The molecule has 39 heavy (non-hydrogen) atoms. The lowest BCUT2D eigenvalue weighted by Gasteiger charge is -2.47. The fraction of sp³-hybridized carbons (Fsp3) is 0.467. The molecule has 1 saturated heterocycles. The van der Waals surface area contributed by atoms with Gasteiger partial charge in [-0.15, -0.1) is 0 Å². The Kier molecular flexibility index (Phi) is 7.46. The zero-order valence-electron chi connectivity index (χ0n) is 21.9. The second-order valence-corrected chi connectivity index (χ2v) is 10.8. The van der Waals surface area contributed by atoms with Crippen molar-refractivity contribution >= 4 is 16.9 Å². The van der Waals surface area contributed by atoms with E-state index in [4.69, 9.17) is 9.15 Å². The second-order valence-electron chi connectivity index (χ2n) is 10.8. The summed E-state index contributed by atoms with van der Waals surface area (Å²) < 4.78 is 50.1. The fourth-order valence-electron chi connectivity index (χ4n) is 5.94. The zero-order chi connectivity index (χ0) is 27.8. The van der Waals surface area contributed by atoms with Gasteiger partial charge in [0.1, 0.15) is 17.9 Å². The van der Waals surface area contributed by atoms with Crippen LogP contribution in [0.15, 0.2) is 51.7 Å². The molecule has 0 bridgehead atoms. The lowest BCUT2D eigenvalue weighted by Crippen LogP contribution is -2.54. The molecular formula is C30H32F3NO5. The highest BCUT2D eigenvalue weighted by Crippen LogP contribution is 2.40. The number of halogens is 3. The molecular weight excluding hydrogens is 511 g/mol. The standard InChI is InChI=1S/C30H32F3NO5/c1-19-24-9-8-23(38-18-20-5-4-7-21(15-20)30(31,32)33)16-26(24)39-28(36)25(19)10-11-27(35)34-14-13-29(37)12-3-2-6-22(29)17-34/h4-5,7-9,15-16,22,37H,2-3,6,10-14,17-18H2,1H3. The summed E-state index contributed by atoms with van der Waals surface area (Å²) in [6.45, 7) is 2.82. The minimum atomic E-state index is -4.43. The topological polar surface area (TPSA) is 80.0 Å². The highest BCUT2D eigenvalue weighted by Gasteiger charge is 2.43. The molecule has 2 heterocycles. The third kappa shape index (κ3) is 5.83. The van der Waals surface area contributed by atoms with Gasteiger partial charge < -0.3 is 19.2 Å². The van der Waals surface area contributed by atoms with Gasteiger partial charge >= 0.3 is 11.8 Å². The Hall–Kier alpha value is -3.33. The number of rotatable bonds is 6. The van der Waals surface area contributed by atoms with E-state index in [0.29, 0.717) is 47.4 Å². The molecule has 0 spiro atoms. The summed E-state index contributed by atoms with van der Waals surface area (Å²) in [6, 6.07) is 9.89. The molecule has 3 aromatic rings. The lowest BCUT2D eigenvalue weighted by molar-refractivity contribution is -0.143. The van der Waals surface area contributed by atoms with Gasteiger partial charge in [0.15, 0.2) is 0 Å². The number of piperidine rings is 1. The number of likely N-dealkylation sites (tertiary alicyclic amines) is 1. The Morgan fingerprint density at radius 1 is 1.18 bits per heavy atom. The Morgan fingerprint density at radius 2 is 2.00 bits per heavy atom. The first-order valence-corrected chi connectivity index (χ1v) is 13.4. The van der Waals surface area contributed by atoms with Crippen LogP contribution in [0, 0.1) is 12.8 Å². The van der Waals surface area contributed by atoms with Crippen molar-refractivity contribution in [2.75, 3.05) is 13.1 Å². The number of nitrogens with zero attached hydrogens (tertiary/aromatic N) is 1. The molecule has 5 rings (SSSR count). The summed E-state index contributed by atoms with van der Waals surface area (Å²) in [5, 5.41) is 11.6. The van der Waals surface area contributed by atoms with Crippen LogP contribution in [-0.2, 0) is 24.0 Å². The number of benzene rings is 2. The number of hydrogen-bond acceptors (Lipinski definition) is 5. The maximum Gasteiger partial charge on any atom is 0.416 e. The number of amides is 1. The Bertz CT molecular complexity index is 1430. The number of carbonyl (C=O) groups excluding carboxylic acids is 1. The molecule has 0 radical (unpaired) electrons. The van der Waals surface area contributed by atoms with Gasteiger partial charge in [-0.3, -0.25) is 4.79 Å². The summed E-state index contributed by atoms with van der Waals surface area (Å²) in [5.74, 6) is 0.444. The molecule has 2 aromatic carbocycles. The van der Waals surface area contributed by atoms with E-state index in [1.165, 1.54) is 6.07 Å². The SMILES string of the molecule is Cc1c(CCC(=O)N2CCC3(O)CCCCC3C2)c(=O)oc2cc(OCc3cccc(C(F)(F)F)c3)ccc12. The summed E-state index contributed by atoms with van der Waals surface area (Å²) in [5.41, 5.74) is -0.0842. The number of carbonyl (C=O) groups is 1. The first-order chi connectivity index (χ1) is 18.5. The Balaban J connectivity index is 1.24. The van der Waals surface area contributed by atoms with Crippen LogP contribution in [0.1, 0.15) is 60.8 Å². The predicted octanol–water partition coefficient (Wildman–Crippen LogP) is 5.79. The molecule has 2 atom stereocenters. The van der Waals surface area contributed by atoms with E-state index in [1.807, 2.05) is 11.8 Å². The summed E-state index contributed by atoms with van der Waals surface area (Å²) in [4.78, 5) is 27.6. The zero-order valence-corrected chi connectivity index (χ0v) is 21.9. The van der Waals surface area contributed by atoms with E-state index in [0.717, 1.165) is 43.4 Å². The predicted molar refractivity (Wildman–Crippen MR) is 139 cm³/mol. The first-order valence-electron chi connectivity index (χ1n) is 13.4. The largest absolute Gasteiger partial charge is 0.489 e. The third-order valence-electron chi connectivity index (χ3n) is 8.29. The first kappa shape index (κ1) is 27.2. The van der Waals surface area contributed by atoms with Crippen LogP contribution in [0.2, 0.25) is 0 Å². The molecule has 6 nitrogen and oxygen atoms in total. The van der Waals surface area contributed by atoms with Crippen molar-refractivity contribution in [2.45, 2.75) is 70.3 Å². The molecule has 1 N–H and O–H groups in total. The van der Waals surface area contributed by atoms with Gasteiger partial charge in [-0.05, 0) is 68.0 Å². The fourth-order valence-corrected chi connectivity index (χ4v) is 5.94. The number of hydrogen-bond donors (Lipinski definition) is 1. The highest BCUT2D eigenvalue weighted by atomic mass is 19.4. The summed E-state index contributed by atoms with van der Waals surface area (Å²) >= 11 is 0. The van der Waals surface area contributed by atoms with Crippen molar-refractivity contribution in [3.05, 3.63) is 75.1 Å². The van der Waals surface area contributed by atoms with Gasteiger partial charge in [0.25, 0.3) is 0 Å². The van der Waals surface area contributed by atoms with Crippen LogP contribution in [0.25, 0.3) is 11.0 Å². The van der Waals surface area contributed by atoms with E-state index in [9.17, 15) is 27.9 Å². The van der Waals surface area contributed by atoms with Crippen molar-refractivity contribution in [1.82, 2.24) is 4.90 Å². The maximum atomic E-state index is 13.0. The van der Waals surface area contributed by atoms with Crippen LogP contribution in [-0.4, -0.2) is 34.6 Å². The molecule has 9 heteroatoms. The van der Waals surface area contributed by atoms with Crippen molar-refractivity contribution < 1.29 is 32.2 Å². The van der Waals surface area contributed by atoms with Gasteiger partial charge in [0, 0.05) is 42.4 Å². The number of ether oxygens (including phenoxy) is 1. The van der Waals surface area contributed by atoms with Gasteiger partial charge in [0.05, 0.1) is 11.2 Å². The van der Waals surface area contributed by atoms with E-state index in [-0.39, 0.29) is 31.3 Å². The van der Waals surface area contributed by atoms with Gasteiger partial charge in [-0.1, -0.05) is 25.0 Å². The van der Waals surface area contributed by atoms with E-state index in [1.54, 1.807) is 24.3 Å². The van der Waals surface area contributed by atoms with Gasteiger partial charge in [0.2, 0.25) is 5.91 Å². The molecule has 1 aromatic heterocycles. The molecule has 2 fully saturated rings. The van der Waals surface area contributed by atoms with Crippen molar-refractivity contribution in [3.63, 3.8) is 0 Å². The van der Waals surface area contributed by atoms with Crippen molar-refractivity contribution in [1.29, 1.82) is 0 Å². The maximum absolute atomic E-state index is 13.0. The van der Waals surface area contributed by atoms with Crippen molar-refractivity contribution in [2.24, 2.45) is 5.92 Å². The van der Waals surface area contributed by atoms with Crippen LogP contribution in [0.3, 0.4) is 0 Å². The van der Waals surface area contributed by atoms with Crippen LogP contribution < -0.4 is 10.4 Å². The molecule has 208 valence electrons. The summed E-state index contributed by atoms with van der Waals surface area (Å²) in [7, 11) is 0. The molecule has 2 aliphatic rings. The molecule has 1 saturated carbocycles. The summed E-state index contributed by atoms with van der Waals surface area (Å²) in [6.07, 6.45) is 0.429. The van der Waals surface area contributed by atoms with Gasteiger partial charge in [-0.2, -0.15) is 13.2 Å². The van der Waals surface area contributed by atoms with Gasteiger partial charge in [-0.25, -0.2) is 4.79 Å². The molecule has 2 unspecified atom stereocenters. The molecule has 1 aliphatic heterocycles.